The van der Waals surface area contributed by atoms with Crippen LogP contribution in [0.2, 0.25) is 5.02 Å². The molecule has 1 aromatic carbocycles. The second-order valence-electron chi connectivity index (χ2n) is 6.99. The van der Waals surface area contributed by atoms with Crippen molar-refractivity contribution in [2.75, 3.05) is 25.1 Å². The van der Waals surface area contributed by atoms with Gasteiger partial charge in [0.25, 0.3) is 5.69 Å². The van der Waals surface area contributed by atoms with E-state index >= 15 is 0 Å². The Morgan fingerprint density at radius 3 is 2.40 bits per heavy atom. The lowest BCUT2D eigenvalue weighted by Crippen LogP contribution is -2.40. The molecule has 0 bridgehead atoms. The van der Waals surface area contributed by atoms with Crippen LogP contribution in [-0.2, 0) is 9.47 Å². The van der Waals surface area contributed by atoms with Crippen molar-refractivity contribution in [1.29, 1.82) is 0 Å². The van der Waals surface area contributed by atoms with Gasteiger partial charge in [0.05, 0.1) is 34.3 Å². The van der Waals surface area contributed by atoms with Crippen molar-refractivity contribution >= 4 is 28.9 Å². The van der Waals surface area contributed by atoms with E-state index in [4.69, 9.17) is 16.3 Å². The van der Waals surface area contributed by atoms with Crippen LogP contribution in [-0.4, -0.2) is 42.8 Å². The number of carbonyl (C=O) groups excluding carboxylic acids is 1. The number of ether oxygens (including phenoxy) is 2. The molecule has 0 N–H and O–H groups in total. The van der Waals surface area contributed by atoms with Gasteiger partial charge in [-0.05, 0) is 39.7 Å². The van der Waals surface area contributed by atoms with Crippen molar-refractivity contribution in [1.82, 2.24) is 0 Å². The Labute approximate surface area is 152 Å². The Hall–Kier alpha value is -1.86. The minimum Gasteiger partial charge on any atom is -0.465 e. The molecule has 1 heterocycles. The van der Waals surface area contributed by atoms with Crippen molar-refractivity contribution in [3.63, 3.8) is 0 Å². The Morgan fingerprint density at radius 2 is 1.92 bits per heavy atom. The highest BCUT2D eigenvalue weighted by molar-refractivity contribution is 6.34. The maximum Gasteiger partial charge on any atom is 0.339 e. The average molecular weight is 371 g/mol. The fourth-order valence-electron chi connectivity index (χ4n) is 2.93. The van der Waals surface area contributed by atoms with Crippen LogP contribution >= 0.6 is 11.6 Å². The second-order valence-corrected chi connectivity index (χ2v) is 7.39. The summed E-state index contributed by atoms with van der Waals surface area (Å²) in [5.74, 6) is -0.697. The largest absolute Gasteiger partial charge is 0.465 e. The quantitative estimate of drug-likeness (QED) is 0.455. The molecule has 0 aromatic heterocycles. The predicted octanol–water partition coefficient (Wildman–Crippen LogP) is 3.82. The fourth-order valence-corrected chi connectivity index (χ4v) is 3.17. The third-order valence-corrected chi connectivity index (χ3v) is 4.28. The van der Waals surface area contributed by atoms with Gasteiger partial charge < -0.3 is 14.4 Å². The van der Waals surface area contributed by atoms with Gasteiger partial charge in [-0.1, -0.05) is 11.6 Å². The third-order valence-electron chi connectivity index (χ3n) is 3.97. The highest BCUT2D eigenvalue weighted by Gasteiger charge is 2.29. The summed E-state index contributed by atoms with van der Waals surface area (Å²) in [6.45, 7) is 7.27. The van der Waals surface area contributed by atoms with Crippen molar-refractivity contribution in [3.8, 4) is 0 Å². The molecule has 1 aliphatic rings. The summed E-state index contributed by atoms with van der Waals surface area (Å²) in [5.41, 5.74) is 0.0343. The summed E-state index contributed by atoms with van der Waals surface area (Å²) in [4.78, 5) is 24.6. The van der Waals surface area contributed by atoms with Gasteiger partial charge in [-0.2, -0.15) is 0 Å². The van der Waals surface area contributed by atoms with Crippen LogP contribution in [0.15, 0.2) is 12.1 Å². The monoisotopic (exact) mass is 370 g/mol. The van der Waals surface area contributed by atoms with Crippen molar-refractivity contribution in [2.45, 2.75) is 45.3 Å². The van der Waals surface area contributed by atoms with E-state index in [-0.39, 0.29) is 28.0 Å². The molecule has 1 aromatic rings. The number of nitro groups is 1. The van der Waals surface area contributed by atoms with Gasteiger partial charge in [0.2, 0.25) is 0 Å². The number of benzene rings is 1. The van der Waals surface area contributed by atoms with Crippen LogP contribution < -0.4 is 4.90 Å². The van der Waals surface area contributed by atoms with Crippen LogP contribution in [0.4, 0.5) is 11.4 Å². The van der Waals surface area contributed by atoms with Crippen LogP contribution in [0.25, 0.3) is 0 Å². The first-order valence-electron chi connectivity index (χ1n) is 8.11. The Balaban J connectivity index is 2.24. The summed E-state index contributed by atoms with van der Waals surface area (Å²) in [6, 6.07) is 2.65. The molecule has 1 fully saturated rings. The molecule has 7 nitrogen and oxygen atoms in total. The van der Waals surface area contributed by atoms with E-state index in [1.165, 1.54) is 19.2 Å². The first-order chi connectivity index (χ1) is 11.6. The van der Waals surface area contributed by atoms with Crippen molar-refractivity contribution in [3.05, 3.63) is 32.8 Å². The number of hydrogen-bond acceptors (Lipinski definition) is 6. The molecule has 1 saturated heterocycles. The summed E-state index contributed by atoms with van der Waals surface area (Å²) >= 11 is 6.14. The zero-order valence-corrected chi connectivity index (χ0v) is 15.6. The first-order valence-corrected chi connectivity index (χ1v) is 8.49. The lowest BCUT2D eigenvalue weighted by atomic mass is 10.0. The molecule has 0 spiro atoms. The lowest BCUT2D eigenvalue weighted by Gasteiger charge is -2.36. The number of nitro benzene ring substituents is 1. The van der Waals surface area contributed by atoms with Crippen LogP contribution in [0.5, 0.6) is 0 Å². The van der Waals surface area contributed by atoms with Gasteiger partial charge in [0.15, 0.2) is 0 Å². The average Bonchev–Trinajstić information content (AvgIpc) is 2.52. The summed E-state index contributed by atoms with van der Waals surface area (Å²) < 4.78 is 10.6. The van der Waals surface area contributed by atoms with Gasteiger partial charge >= 0.3 is 5.97 Å². The van der Waals surface area contributed by atoms with E-state index < -0.39 is 10.9 Å². The number of esters is 1. The molecule has 0 radical (unpaired) electrons. The SMILES string of the molecule is COC(=O)c1cc([N+](=O)[O-])c(N2CCC(OC(C)(C)C)CC2)cc1Cl. The molecule has 0 unspecified atom stereocenters. The van der Waals surface area contributed by atoms with Gasteiger partial charge in [0, 0.05) is 19.2 Å². The number of piperidine rings is 1. The zero-order valence-electron chi connectivity index (χ0n) is 14.9. The highest BCUT2D eigenvalue weighted by Crippen LogP contribution is 2.36. The molecule has 0 aliphatic carbocycles. The van der Waals surface area contributed by atoms with E-state index in [2.05, 4.69) is 4.74 Å². The number of rotatable bonds is 4. The molecule has 2 rings (SSSR count). The smallest absolute Gasteiger partial charge is 0.339 e. The van der Waals surface area contributed by atoms with E-state index in [9.17, 15) is 14.9 Å². The second kappa shape index (κ2) is 7.58. The normalized spacial score (nSPS) is 16.0. The van der Waals surface area contributed by atoms with Crippen LogP contribution in [0, 0.1) is 10.1 Å². The van der Waals surface area contributed by atoms with Gasteiger partial charge in [-0.25, -0.2) is 4.79 Å². The molecule has 0 amide bonds. The Morgan fingerprint density at radius 1 is 1.32 bits per heavy atom. The van der Waals surface area contributed by atoms with Gasteiger partial charge in [0.1, 0.15) is 5.69 Å². The van der Waals surface area contributed by atoms with Crippen LogP contribution in [0.1, 0.15) is 44.0 Å². The third kappa shape index (κ3) is 4.83. The standard InChI is InChI=1S/C17H23ClN2O5/c1-17(2,3)25-11-5-7-19(8-6-11)14-10-13(18)12(16(21)24-4)9-15(14)20(22)23/h9-11H,5-8H2,1-4H3. The summed E-state index contributed by atoms with van der Waals surface area (Å²) in [7, 11) is 1.21. The predicted molar refractivity (Wildman–Crippen MR) is 95.5 cm³/mol. The summed E-state index contributed by atoms with van der Waals surface area (Å²) in [6.07, 6.45) is 1.66. The minimum atomic E-state index is -0.697. The number of anilines is 1. The fraction of sp³-hybridized carbons (Fsp3) is 0.588. The van der Waals surface area contributed by atoms with E-state index in [0.717, 1.165) is 12.8 Å². The molecule has 0 atom stereocenters. The zero-order chi connectivity index (χ0) is 18.8. The van der Waals surface area contributed by atoms with Gasteiger partial charge in [-0.15, -0.1) is 0 Å². The molecular formula is C17H23ClN2O5. The molecule has 25 heavy (non-hydrogen) atoms. The molecule has 1 aliphatic heterocycles. The molecule has 0 saturated carbocycles. The Kier molecular flexibility index (Phi) is 5.90. The first kappa shape index (κ1) is 19.5. The van der Waals surface area contributed by atoms with E-state index in [1.807, 2.05) is 25.7 Å². The highest BCUT2D eigenvalue weighted by atomic mass is 35.5. The maximum atomic E-state index is 11.7. The molecule has 8 heteroatoms. The topological polar surface area (TPSA) is 81.9 Å². The number of nitrogens with zero attached hydrogens (tertiary/aromatic N) is 2. The number of methoxy groups -OCH3 is 1. The van der Waals surface area contributed by atoms with Crippen molar-refractivity contribution in [2.24, 2.45) is 0 Å². The number of hydrogen-bond donors (Lipinski definition) is 0. The lowest BCUT2D eigenvalue weighted by molar-refractivity contribution is -0.384. The van der Waals surface area contributed by atoms with Crippen LogP contribution in [0.3, 0.4) is 0 Å². The van der Waals surface area contributed by atoms with E-state index in [1.54, 1.807) is 0 Å². The molecular weight excluding hydrogens is 348 g/mol. The molecule has 138 valence electrons. The van der Waals surface area contributed by atoms with Crippen molar-refractivity contribution < 1.29 is 19.2 Å². The maximum absolute atomic E-state index is 11.7. The van der Waals surface area contributed by atoms with E-state index in [0.29, 0.717) is 18.8 Å². The summed E-state index contributed by atoms with van der Waals surface area (Å²) in [5, 5.41) is 11.6. The number of halogens is 1. The minimum absolute atomic E-state index is 0.00873. The number of carbonyl (C=O) groups is 1. The Bertz CT molecular complexity index is 664. The van der Waals surface area contributed by atoms with Gasteiger partial charge in [-0.3, -0.25) is 10.1 Å².